The number of anilines is 3. The quantitative estimate of drug-likeness (QED) is 0.643. The molecular weight excluding hydrogens is 272 g/mol. The Kier molecular flexibility index (Phi) is 8.10. The number of hydrogen-bond donors (Lipinski definition) is 2. The van der Waals surface area contributed by atoms with Crippen molar-refractivity contribution in [3.63, 3.8) is 0 Å². The topological polar surface area (TPSA) is 66.0 Å². The molecule has 2 N–H and O–H groups in total. The maximum Gasteiger partial charge on any atom is 0.231 e. The maximum atomic E-state index is 4.38. The highest BCUT2D eigenvalue weighted by molar-refractivity contribution is 7.98. The zero-order valence-corrected chi connectivity index (χ0v) is 13.8. The third-order valence-electron chi connectivity index (χ3n) is 2.81. The van der Waals surface area contributed by atoms with Crippen LogP contribution in [0.15, 0.2) is 0 Å². The molecule has 0 atom stereocenters. The van der Waals surface area contributed by atoms with Gasteiger partial charge in [0.25, 0.3) is 0 Å². The molecule has 7 heteroatoms. The Labute approximate surface area is 126 Å². The lowest BCUT2D eigenvalue weighted by molar-refractivity contribution is 0.687. The summed E-state index contributed by atoms with van der Waals surface area (Å²) in [6, 6.07) is 0. The monoisotopic (exact) mass is 298 g/mol. The maximum absolute atomic E-state index is 4.38. The first-order valence-corrected chi connectivity index (χ1v) is 8.40. The van der Waals surface area contributed by atoms with Crippen LogP contribution in [0.2, 0.25) is 0 Å². The fourth-order valence-electron chi connectivity index (χ4n) is 1.68. The largest absolute Gasteiger partial charge is 0.357 e. The van der Waals surface area contributed by atoms with E-state index in [0.29, 0.717) is 17.8 Å². The Morgan fingerprint density at radius 3 is 2.35 bits per heavy atom. The average molecular weight is 298 g/mol. The highest BCUT2D eigenvalue weighted by atomic mass is 32.2. The molecule has 0 aromatic carbocycles. The first kappa shape index (κ1) is 16.8. The molecule has 0 radical (unpaired) electrons. The summed E-state index contributed by atoms with van der Waals surface area (Å²) in [4.78, 5) is 14.8. The smallest absolute Gasteiger partial charge is 0.231 e. The van der Waals surface area contributed by atoms with Crippen molar-refractivity contribution in [1.82, 2.24) is 15.0 Å². The summed E-state index contributed by atoms with van der Waals surface area (Å²) in [6.07, 6.45) is 7.15. The van der Waals surface area contributed by atoms with Gasteiger partial charge in [-0.3, -0.25) is 0 Å². The van der Waals surface area contributed by atoms with Gasteiger partial charge in [0.1, 0.15) is 0 Å². The standard InChI is InChI=1S/C13H26N6S/c1-14-11-16-12(18-13(17-11)19(2)3)15-9-7-5-6-8-10-20-4/h5-10H2,1-4H3,(H2,14,15,16,17,18). The summed E-state index contributed by atoms with van der Waals surface area (Å²) < 4.78 is 0. The first-order valence-electron chi connectivity index (χ1n) is 7.01. The normalized spacial score (nSPS) is 10.4. The minimum Gasteiger partial charge on any atom is -0.357 e. The Hall–Kier alpha value is -1.24. The predicted octanol–water partition coefficient (Wildman–Crippen LogP) is 2.31. The van der Waals surface area contributed by atoms with Crippen molar-refractivity contribution in [1.29, 1.82) is 0 Å². The van der Waals surface area contributed by atoms with E-state index < -0.39 is 0 Å². The number of thioether (sulfide) groups is 1. The summed E-state index contributed by atoms with van der Waals surface area (Å²) in [7, 11) is 5.65. The fourth-order valence-corrected chi connectivity index (χ4v) is 2.17. The second-order valence-corrected chi connectivity index (χ2v) is 5.75. The molecule has 20 heavy (non-hydrogen) atoms. The molecule has 1 aromatic heterocycles. The molecule has 0 bridgehead atoms. The number of nitrogens with zero attached hydrogens (tertiary/aromatic N) is 4. The van der Waals surface area contributed by atoms with Crippen molar-refractivity contribution in [2.75, 3.05) is 55.2 Å². The van der Waals surface area contributed by atoms with E-state index in [1.54, 1.807) is 0 Å². The number of unbranched alkanes of at least 4 members (excludes halogenated alkanes) is 3. The van der Waals surface area contributed by atoms with Crippen LogP contribution in [0, 0.1) is 0 Å². The Morgan fingerprint density at radius 1 is 1.00 bits per heavy atom. The van der Waals surface area contributed by atoms with E-state index in [2.05, 4.69) is 31.8 Å². The van der Waals surface area contributed by atoms with E-state index in [0.717, 1.165) is 13.0 Å². The summed E-state index contributed by atoms with van der Waals surface area (Å²) >= 11 is 1.92. The van der Waals surface area contributed by atoms with Gasteiger partial charge >= 0.3 is 0 Å². The Bertz CT molecular complexity index is 385. The van der Waals surface area contributed by atoms with Crippen LogP contribution in [0.1, 0.15) is 25.7 Å². The molecule has 114 valence electrons. The third-order valence-corrected chi connectivity index (χ3v) is 3.50. The molecule has 0 fully saturated rings. The molecule has 6 nitrogen and oxygen atoms in total. The minimum absolute atomic E-state index is 0.589. The lowest BCUT2D eigenvalue weighted by atomic mass is 10.2. The van der Waals surface area contributed by atoms with Crippen LogP contribution in [0.25, 0.3) is 0 Å². The summed E-state index contributed by atoms with van der Waals surface area (Å²) in [5.74, 6) is 3.15. The molecule has 0 spiro atoms. The van der Waals surface area contributed by atoms with Gasteiger partial charge in [-0.2, -0.15) is 26.7 Å². The summed E-state index contributed by atoms with van der Waals surface area (Å²) in [5, 5.41) is 6.23. The average Bonchev–Trinajstić information content (AvgIpc) is 2.46. The molecule has 1 aromatic rings. The number of aromatic nitrogens is 3. The van der Waals surface area contributed by atoms with Gasteiger partial charge in [0.05, 0.1) is 0 Å². The summed E-state index contributed by atoms with van der Waals surface area (Å²) in [5.41, 5.74) is 0. The fraction of sp³-hybridized carbons (Fsp3) is 0.769. The van der Waals surface area contributed by atoms with Crippen LogP contribution in [-0.4, -0.2) is 54.6 Å². The Balaban J connectivity index is 2.37. The van der Waals surface area contributed by atoms with E-state index >= 15 is 0 Å². The van der Waals surface area contributed by atoms with Gasteiger partial charge in [0, 0.05) is 27.7 Å². The summed E-state index contributed by atoms with van der Waals surface area (Å²) in [6.45, 7) is 0.902. The molecule has 0 saturated carbocycles. The van der Waals surface area contributed by atoms with Crippen LogP contribution in [0.3, 0.4) is 0 Å². The molecular formula is C13H26N6S. The predicted molar refractivity (Wildman–Crippen MR) is 89.0 cm³/mol. The van der Waals surface area contributed by atoms with Crippen molar-refractivity contribution in [3.8, 4) is 0 Å². The van der Waals surface area contributed by atoms with Crippen molar-refractivity contribution in [2.24, 2.45) is 0 Å². The number of hydrogen-bond acceptors (Lipinski definition) is 7. The van der Waals surface area contributed by atoms with Crippen LogP contribution in [0.5, 0.6) is 0 Å². The van der Waals surface area contributed by atoms with E-state index in [1.807, 2.05) is 37.8 Å². The van der Waals surface area contributed by atoms with Gasteiger partial charge in [0.2, 0.25) is 17.8 Å². The second kappa shape index (κ2) is 9.63. The van der Waals surface area contributed by atoms with Crippen molar-refractivity contribution < 1.29 is 0 Å². The van der Waals surface area contributed by atoms with E-state index in [9.17, 15) is 0 Å². The minimum atomic E-state index is 0.589. The van der Waals surface area contributed by atoms with Crippen molar-refractivity contribution in [2.45, 2.75) is 25.7 Å². The lowest BCUT2D eigenvalue weighted by Gasteiger charge is -2.13. The second-order valence-electron chi connectivity index (χ2n) is 4.76. The molecule has 0 saturated heterocycles. The van der Waals surface area contributed by atoms with E-state index in [-0.39, 0.29) is 0 Å². The van der Waals surface area contributed by atoms with E-state index in [1.165, 1.54) is 25.0 Å². The molecule has 0 amide bonds. The SMILES string of the molecule is CNc1nc(NCCCCCCSC)nc(N(C)C)n1. The van der Waals surface area contributed by atoms with Gasteiger partial charge < -0.3 is 15.5 Å². The molecule has 0 unspecified atom stereocenters. The molecule has 0 aliphatic carbocycles. The number of nitrogens with one attached hydrogen (secondary N) is 2. The van der Waals surface area contributed by atoms with Crippen LogP contribution in [0.4, 0.5) is 17.8 Å². The van der Waals surface area contributed by atoms with Gasteiger partial charge in [-0.15, -0.1) is 0 Å². The molecule has 0 aliphatic heterocycles. The third kappa shape index (κ3) is 6.27. The zero-order chi connectivity index (χ0) is 14.8. The van der Waals surface area contributed by atoms with Crippen LogP contribution >= 0.6 is 11.8 Å². The highest BCUT2D eigenvalue weighted by Crippen LogP contribution is 2.11. The van der Waals surface area contributed by atoms with Gasteiger partial charge in [-0.1, -0.05) is 12.8 Å². The molecule has 1 heterocycles. The van der Waals surface area contributed by atoms with Gasteiger partial charge in [0.15, 0.2) is 0 Å². The lowest BCUT2D eigenvalue weighted by Crippen LogP contribution is -2.16. The van der Waals surface area contributed by atoms with Crippen molar-refractivity contribution in [3.05, 3.63) is 0 Å². The Morgan fingerprint density at radius 2 is 1.70 bits per heavy atom. The zero-order valence-electron chi connectivity index (χ0n) is 12.9. The van der Waals surface area contributed by atoms with Crippen LogP contribution < -0.4 is 15.5 Å². The first-order chi connectivity index (χ1) is 9.67. The molecule has 0 aliphatic rings. The van der Waals surface area contributed by atoms with Crippen LogP contribution in [-0.2, 0) is 0 Å². The number of rotatable bonds is 10. The van der Waals surface area contributed by atoms with Gasteiger partial charge in [-0.25, -0.2) is 0 Å². The van der Waals surface area contributed by atoms with E-state index in [4.69, 9.17) is 0 Å². The van der Waals surface area contributed by atoms with Crippen molar-refractivity contribution >= 4 is 29.6 Å². The molecule has 1 rings (SSSR count). The highest BCUT2D eigenvalue weighted by Gasteiger charge is 2.06. The van der Waals surface area contributed by atoms with Gasteiger partial charge in [-0.05, 0) is 24.9 Å².